The van der Waals surface area contributed by atoms with Gasteiger partial charge in [0.1, 0.15) is 0 Å². The third kappa shape index (κ3) is 2.38. The molecule has 2 heteroatoms. The van der Waals surface area contributed by atoms with Crippen LogP contribution in [-0.2, 0) is 0 Å². The molecule has 2 nitrogen and oxygen atoms in total. The predicted molar refractivity (Wildman–Crippen MR) is 70.0 cm³/mol. The summed E-state index contributed by atoms with van der Waals surface area (Å²) in [7, 11) is 0. The summed E-state index contributed by atoms with van der Waals surface area (Å²) in [6.07, 6.45) is 0. The quantitative estimate of drug-likeness (QED) is 0.820. The molecule has 1 heterocycles. The molecule has 0 aliphatic carbocycles. The molecule has 1 aromatic carbocycles. The van der Waals surface area contributed by atoms with Gasteiger partial charge in [-0.05, 0) is 24.5 Å². The number of piperazine rings is 1. The summed E-state index contributed by atoms with van der Waals surface area (Å²) < 4.78 is 0. The zero-order valence-corrected chi connectivity index (χ0v) is 10.5. The van der Waals surface area contributed by atoms with E-state index in [0.717, 1.165) is 19.6 Å². The highest BCUT2D eigenvalue weighted by atomic mass is 15.2. The molecule has 1 aliphatic heterocycles. The lowest BCUT2D eigenvalue weighted by Gasteiger charge is -2.37. The van der Waals surface area contributed by atoms with E-state index in [-0.39, 0.29) is 0 Å². The van der Waals surface area contributed by atoms with E-state index in [4.69, 9.17) is 0 Å². The molecule has 0 spiro atoms. The number of nitrogens with zero attached hydrogens (tertiary/aromatic N) is 1. The second-order valence-electron chi connectivity index (χ2n) is 5.04. The van der Waals surface area contributed by atoms with E-state index in [0.29, 0.717) is 12.0 Å². The van der Waals surface area contributed by atoms with Crippen LogP contribution in [-0.4, -0.2) is 25.7 Å². The van der Waals surface area contributed by atoms with E-state index in [9.17, 15) is 0 Å². The first-order valence-electron chi connectivity index (χ1n) is 6.22. The van der Waals surface area contributed by atoms with E-state index >= 15 is 0 Å². The molecule has 88 valence electrons. The van der Waals surface area contributed by atoms with Crippen molar-refractivity contribution in [3.8, 4) is 0 Å². The summed E-state index contributed by atoms with van der Waals surface area (Å²) in [5.74, 6) is 0.701. The predicted octanol–water partition coefficient (Wildman–Crippen LogP) is 2.43. The minimum atomic E-state index is 0.619. The standard InChI is InChI=1S/C14H22N2/c1-11(2)13-10-16(9-8-15-13)14-7-5-4-6-12(14)3/h4-7,11,13,15H,8-10H2,1-3H3. The molecule has 2 rings (SSSR count). The maximum Gasteiger partial charge on any atom is 0.0396 e. The Morgan fingerprint density at radius 2 is 2.06 bits per heavy atom. The molecule has 1 unspecified atom stereocenters. The fourth-order valence-electron chi connectivity index (χ4n) is 2.36. The van der Waals surface area contributed by atoms with Crippen molar-refractivity contribution < 1.29 is 0 Å². The van der Waals surface area contributed by atoms with Crippen molar-refractivity contribution in [3.63, 3.8) is 0 Å². The second-order valence-corrected chi connectivity index (χ2v) is 5.04. The highest BCUT2D eigenvalue weighted by molar-refractivity contribution is 5.53. The molecule has 0 aromatic heterocycles. The van der Waals surface area contributed by atoms with Gasteiger partial charge in [-0.3, -0.25) is 0 Å². The molecule has 1 saturated heterocycles. The summed E-state index contributed by atoms with van der Waals surface area (Å²) >= 11 is 0. The fraction of sp³-hybridized carbons (Fsp3) is 0.571. The molecule has 0 amide bonds. The van der Waals surface area contributed by atoms with Crippen molar-refractivity contribution in [3.05, 3.63) is 29.8 Å². The van der Waals surface area contributed by atoms with Crippen LogP contribution in [0.4, 0.5) is 5.69 Å². The van der Waals surface area contributed by atoms with Crippen LogP contribution in [0.2, 0.25) is 0 Å². The van der Waals surface area contributed by atoms with Gasteiger partial charge in [-0.25, -0.2) is 0 Å². The molecule has 1 atom stereocenters. The lowest BCUT2D eigenvalue weighted by atomic mass is 10.0. The first kappa shape index (κ1) is 11.5. The zero-order chi connectivity index (χ0) is 11.5. The van der Waals surface area contributed by atoms with Gasteiger partial charge in [0.05, 0.1) is 0 Å². The third-order valence-electron chi connectivity index (χ3n) is 3.47. The number of hydrogen-bond donors (Lipinski definition) is 1. The maximum absolute atomic E-state index is 3.60. The summed E-state index contributed by atoms with van der Waals surface area (Å²) in [6, 6.07) is 9.29. The van der Waals surface area contributed by atoms with E-state index in [1.807, 2.05) is 0 Å². The van der Waals surface area contributed by atoms with Gasteiger partial charge < -0.3 is 10.2 Å². The van der Waals surface area contributed by atoms with Crippen molar-refractivity contribution in [2.75, 3.05) is 24.5 Å². The van der Waals surface area contributed by atoms with Gasteiger partial charge in [-0.2, -0.15) is 0 Å². The van der Waals surface area contributed by atoms with Crippen molar-refractivity contribution in [2.45, 2.75) is 26.8 Å². The highest BCUT2D eigenvalue weighted by Gasteiger charge is 2.22. The SMILES string of the molecule is Cc1ccccc1N1CCNC(C(C)C)C1. The number of rotatable bonds is 2. The lowest BCUT2D eigenvalue weighted by Crippen LogP contribution is -2.53. The molecule has 1 aliphatic rings. The van der Waals surface area contributed by atoms with Gasteiger partial charge in [0.25, 0.3) is 0 Å². The average Bonchev–Trinajstić information content (AvgIpc) is 2.30. The molecule has 1 fully saturated rings. The molecule has 0 radical (unpaired) electrons. The van der Waals surface area contributed by atoms with Crippen molar-refractivity contribution in [1.29, 1.82) is 0 Å². The monoisotopic (exact) mass is 218 g/mol. The van der Waals surface area contributed by atoms with Gasteiger partial charge in [0.15, 0.2) is 0 Å². The molecule has 1 N–H and O–H groups in total. The Hall–Kier alpha value is -1.02. The van der Waals surface area contributed by atoms with Gasteiger partial charge in [0, 0.05) is 31.4 Å². The average molecular weight is 218 g/mol. The number of nitrogens with one attached hydrogen (secondary N) is 1. The van der Waals surface area contributed by atoms with Gasteiger partial charge in [-0.15, -0.1) is 0 Å². The fourth-order valence-corrected chi connectivity index (χ4v) is 2.36. The molecule has 1 aromatic rings. The largest absolute Gasteiger partial charge is 0.368 e. The Bertz CT molecular complexity index is 346. The minimum Gasteiger partial charge on any atom is -0.368 e. The van der Waals surface area contributed by atoms with Crippen LogP contribution >= 0.6 is 0 Å². The number of benzene rings is 1. The molecular formula is C14H22N2. The normalized spacial score (nSPS) is 21.5. The summed E-state index contributed by atoms with van der Waals surface area (Å²) in [5.41, 5.74) is 2.78. The number of anilines is 1. The smallest absolute Gasteiger partial charge is 0.0396 e. The number of hydrogen-bond acceptors (Lipinski definition) is 2. The van der Waals surface area contributed by atoms with Crippen LogP contribution in [0.3, 0.4) is 0 Å². The first-order chi connectivity index (χ1) is 7.68. The highest BCUT2D eigenvalue weighted by Crippen LogP contribution is 2.21. The number of para-hydroxylation sites is 1. The van der Waals surface area contributed by atoms with E-state index in [2.05, 4.69) is 55.3 Å². The maximum atomic E-state index is 3.60. The van der Waals surface area contributed by atoms with Crippen LogP contribution in [0.25, 0.3) is 0 Å². The summed E-state index contributed by atoms with van der Waals surface area (Å²) in [4.78, 5) is 2.51. The van der Waals surface area contributed by atoms with Crippen LogP contribution in [0, 0.1) is 12.8 Å². The molecule has 0 bridgehead atoms. The Labute approximate surface area is 98.7 Å². The van der Waals surface area contributed by atoms with E-state index in [1.165, 1.54) is 11.3 Å². The Kier molecular flexibility index (Phi) is 3.49. The molecular weight excluding hydrogens is 196 g/mol. The Balaban J connectivity index is 2.13. The van der Waals surface area contributed by atoms with Crippen LogP contribution in [0.5, 0.6) is 0 Å². The molecule has 0 saturated carbocycles. The molecule has 16 heavy (non-hydrogen) atoms. The van der Waals surface area contributed by atoms with Crippen molar-refractivity contribution >= 4 is 5.69 Å². The third-order valence-corrected chi connectivity index (χ3v) is 3.47. The van der Waals surface area contributed by atoms with Crippen LogP contribution in [0.1, 0.15) is 19.4 Å². The van der Waals surface area contributed by atoms with Gasteiger partial charge in [-0.1, -0.05) is 32.0 Å². The lowest BCUT2D eigenvalue weighted by molar-refractivity contribution is 0.368. The summed E-state index contributed by atoms with van der Waals surface area (Å²) in [5, 5.41) is 3.60. The topological polar surface area (TPSA) is 15.3 Å². The van der Waals surface area contributed by atoms with Crippen molar-refractivity contribution in [1.82, 2.24) is 5.32 Å². The second kappa shape index (κ2) is 4.88. The van der Waals surface area contributed by atoms with Crippen molar-refractivity contribution in [2.24, 2.45) is 5.92 Å². The first-order valence-corrected chi connectivity index (χ1v) is 6.22. The van der Waals surface area contributed by atoms with E-state index in [1.54, 1.807) is 0 Å². The Morgan fingerprint density at radius 3 is 2.75 bits per heavy atom. The van der Waals surface area contributed by atoms with E-state index < -0.39 is 0 Å². The van der Waals surface area contributed by atoms with Gasteiger partial charge >= 0.3 is 0 Å². The van der Waals surface area contributed by atoms with Crippen LogP contribution in [0.15, 0.2) is 24.3 Å². The van der Waals surface area contributed by atoms with Crippen LogP contribution < -0.4 is 10.2 Å². The minimum absolute atomic E-state index is 0.619. The van der Waals surface area contributed by atoms with Gasteiger partial charge in [0.2, 0.25) is 0 Å². The number of aryl methyl sites for hydroxylation is 1. The Morgan fingerprint density at radius 1 is 1.31 bits per heavy atom. The summed E-state index contributed by atoms with van der Waals surface area (Å²) in [6.45, 7) is 10.1. The zero-order valence-electron chi connectivity index (χ0n) is 10.5.